The van der Waals surface area contributed by atoms with Gasteiger partial charge in [-0.15, -0.1) is 0 Å². The van der Waals surface area contributed by atoms with Gasteiger partial charge in [0, 0.05) is 6.20 Å². The molecule has 0 aromatic carbocycles. The third-order valence-electron chi connectivity index (χ3n) is 1.97. The van der Waals surface area contributed by atoms with E-state index in [9.17, 15) is 0 Å². The molecule has 0 aliphatic carbocycles. The van der Waals surface area contributed by atoms with Gasteiger partial charge in [-0.2, -0.15) is 0 Å². The fraction of sp³-hybridized carbons (Fsp3) is 0.462. The number of hydrogen-bond donors (Lipinski definition) is 0. The highest BCUT2D eigenvalue weighted by atomic mass is 15.0. The Kier molecular flexibility index (Phi) is 6.43. The fourth-order valence-corrected chi connectivity index (χ4v) is 1.29. The van der Waals surface area contributed by atoms with E-state index in [1.807, 2.05) is 53.1 Å². The van der Waals surface area contributed by atoms with Gasteiger partial charge < -0.3 is 4.40 Å². The van der Waals surface area contributed by atoms with Crippen molar-refractivity contribution in [1.82, 2.24) is 9.38 Å². The summed E-state index contributed by atoms with van der Waals surface area (Å²) in [5, 5.41) is 0. The van der Waals surface area contributed by atoms with Crippen LogP contribution in [0, 0.1) is 13.8 Å². The largest absolute Gasteiger partial charge is 0.304 e. The predicted molar refractivity (Wildman–Crippen MR) is 67.4 cm³/mol. The number of nitrogens with zero attached hydrogens (tertiary/aromatic N) is 2. The van der Waals surface area contributed by atoms with Crippen LogP contribution in [0.15, 0.2) is 24.5 Å². The lowest BCUT2D eigenvalue weighted by Gasteiger charge is -1.97. The molecule has 2 nitrogen and oxygen atoms in total. The van der Waals surface area contributed by atoms with Gasteiger partial charge in [0.1, 0.15) is 5.82 Å². The first-order chi connectivity index (χ1) is 7.29. The molecular formula is C13H22N2. The number of pyridine rings is 1. The van der Waals surface area contributed by atoms with Crippen LogP contribution < -0.4 is 0 Å². The highest BCUT2D eigenvalue weighted by Crippen LogP contribution is 2.10. The van der Waals surface area contributed by atoms with Crippen LogP contribution in [0.2, 0.25) is 0 Å². The van der Waals surface area contributed by atoms with Gasteiger partial charge in [-0.3, -0.25) is 0 Å². The first kappa shape index (κ1) is 13.7. The van der Waals surface area contributed by atoms with Crippen LogP contribution in [-0.2, 0) is 0 Å². The molecule has 0 spiro atoms. The molecule has 0 bridgehead atoms. The molecule has 0 aliphatic heterocycles. The Labute approximate surface area is 93.0 Å². The minimum absolute atomic E-state index is 1.05. The topological polar surface area (TPSA) is 17.3 Å². The third kappa shape index (κ3) is 3.08. The van der Waals surface area contributed by atoms with E-state index >= 15 is 0 Å². The Morgan fingerprint density at radius 2 is 1.67 bits per heavy atom. The average molecular weight is 206 g/mol. The molecule has 0 radical (unpaired) electrons. The summed E-state index contributed by atoms with van der Waals surface area (Å²) in [7, 11) is 0. The summed E-state index contributed by atoms with van der Waals surface area (Å²) in [5.41, 5.74) is 2.47. The summed E-state index contributed by atoms with van der Waals surface area (Å²) in [6, 6.07) is 4.13. The zero-order valence-electron chi connectivity index (χ0n) is 10.7. The van der Waals surface area contributed by atoms with Crippen molar-refractivity contribution in [2.75, 3.05) is 0 Å². The third-order valence-corrected chi connectivity index (χ3v) is 1.97. The van der Waals surface area contributed by atoms with Gasteiger partial charge in [-0.05, 0) is 25.5 Å². The lowest BCUT2D eigenvalue weighted by Crippen LogP contribution is -1.87. The van der Waals surface area contributed by atoms with Gasteiger partial charge in [-0.1, -0.05) is 33.8 Å². The van der Waals surface area contributed by atoms with Gasteiger partial charge in [-0.25, -0.2) is 4.98 Å². The molecule has 0 amide bonds. The molecule has 2 aromatic heterocycles. The van der Waals surface area contributed by atoms with Crippen LogP contribution in [0.4, 0.5) is 0 Å². The van der Waals surface area contributed by atoms with E-state index in [-0.39, 0.29) is 0 Å². The van der Waals surface area contributed by atoms with Crippen LogP contribution in [0.25, 0.3) is 5.52 Å². The van der Waals surface area contributed by atoms with Crippen molar-refractivity contribution in [1.29, 1.82) is 0 Å². The Morgan fingerprint density at radius 1 is 1.07 bits per heavy atom. The molecule has 0 atom stereocenters. The lowest BCUT2D eigenvalue weighted by molar-refractivity contribution is 1.04. The predicted octanol–water partition coefficient (Wildman–Crippen LogP) is 4.00. The van der Waals surface area contributed by atoms with Crippen molar-refractivity contribution in [3.05, 3.63) is 35.9 Å². The number of rotatable bonds is 0. The zero-order chi connectivity index (χ0) is 11.8. The molecule has 0 N–H and O–H groups in total. The fourth-order valence-electron chi connectivity index (χ4n) is 1.29. The average Bonchev–Trinajstić information content (AvgIpc) is 2.68. The molecular weight excluding hydrogens is 184 g/mol. The quantitative estimate of drug-likeness (QED) is 0.636. The lowest BCUT2D eigenvalue weighted by atomic mass is 10.3. The zero-order valence-corrected chi connectivity index (χ0v) is 10.7. The SMILES string of the molecule is CC.CC.Cc1cccn2c(C)ncc12. The van der Waals surface area contributed by atoms with Crippen molar-refractivity contribution < 1.29 is 0 Å². The molecule has 0 saturated carbocycles. The summed E-state index contributed by atoms with van der Waals surface area (Å²) in [6.07, 6.45) is 3.94. The van der Waals surface area contributed by atoms with Gasteiger partial charge in [0.05, 0.1) is 11.7 Å². The monoisotopic (exact) mass is 206 g/mol. The maximum atomic E-state index is 4.22. The van der Waals surface area contributed by atoms with Crippen molar-refractivity contribution >= 4 is 5.52 Å². The second-order valence-electron chi connectivity index (χ2n) is 2.75. The van der Waals surface area contributed by atoms with Gasteiger partial charge in [0.15, 0.2) is 0 Å². The maximum absolute atomic E-state index is 4.22. The molecule has 2 aromatic rings. The first-order valence-corrected chi connectivity index (χ1v) is 5.68. The summed E-state index contributed by atoms with van der Waals surface area (Å²) in [6.45, 7) is 12.1. The van der Waals surface area contributed by atoms with Crippen LogP contribution in [0.5, 0.6) is 0 Å². The van der Waals surface area contributed by atoms with Crippen LogP contribution >= 0.6 is 0 Å². The number of hydrogen-bond acceptors (Lipinski definition) is 1. The smallest absolute Gasteiger partial charge is 0.110 e. The summed E-state index contributed by atoms with van der Waals surface area (Å²) >= 11 is 0. The van der Waals surface area contributed by atoms with E-state index in [4.69, 9.17) is 0 Å². The molecule has 84 valence electrons. The highest BCUT2D eigenvalue weighted by molar-refractivity contribution is 5.52. The van der Waals surface area contributed by atoms with E-state index in [0.717, 1.165) is 5.82 Å². The first-order valence-electron chi connectivity index (χ1n) is 5.68. The van der Waals surface area contributed by atoms with Crippen LogP contribution in [-0.4, -0.2) is 9.38 Å². The van der Waals surface area contributed by atoms with Crippen molar-refractivity contribution in [2.45, 2.75) is 41.5 Å². The standard InChI is InChI=1S/C9H10N2.2C2H6/c1-7-4-3-5-11-8(2)10-6-9(7)11;2*1-2/h3-6H,1-2H3;2*1-2H3. The molecule has 0 fully saturated rings. The minimum atomic E-state index is 1.05. The molecule has 2 heteroatoms. The Morgan fingerprint density at radius 3 is 2.20 bits per heavy atom. The number of imidazole rings is 1. The second kappa shape index (κ2) is 7.04. The Bertz CT molecular complexity index is 388. The van der Waals surface area contributed by atoms with E-state index in [2.05, 4.69) is 22.4 Å². The van der Waals surface area contributed by atoms with Gasteiger partial charge in [0.25, 0.3) is 0 Å². The minimum Gasteiger partial charge on any atom is -0.304 e. The number of fused-ring (bicyclic) bond motifs is 1. The Balaban J connectivity index is 0.000000442. The summed E-state index contributed by atoms with van der Waals surface area (Å²) in [4.78, 5) is 4.22. The molecule has 0 unspecified atom stereocenters. The molecule has 2 heterocycles. The normalized spacial score (nSPS) is 8.67. The number of aryl methyl sites for hydroxylation is 2. The van der Waals surface area contributed by atoms with E-state index < -0.39 is 0 Å². The number of aromatic nitrogens is 2. The van der Waals surface area contributed by atoms with E-state index in [0.29, 0.717) is 0 Å². The maximum Gasteiger partial charge on any atom is 0.110 e. The Hall–Kier alpha value is -1.31. The van der Waals surface area contributed by atoms with E-state index in [1.54, 1.807) is 0 Å². The van der Waals surface area contributed by atoms with Gasteiger partial charge in [0.2, 0.25) is 0 Å². The highest BCUT2D eigenvalue weighted by Gasteiger charge is 1.98. The molecule has 0 saturated heterocycles. The van der Waals surface area contributed by atoms with Crippen molar-refractivity contribution in [3.63, 3.8) is 0 Å². The molecule has 2 rings (SSSR count). The van der Waals surface area contributed by atoms with E-state index in [1.165, 1.54) is 11.1 Å². The molecule has 15 heavy (non-hydrogen) atoms. The van der Waals surface area contributed by atoms with Crippen molar-refractivity contribution in [2.24, 2.45) is 0 Å². The molecule has 0 aliphatic rings. The van der Waals surface area contributed by atoms with Crippen LogP contribution in [0.1, 0.15) is 39.1 Å². The van der Waals surface area contributed by atoms with Gasteiger partial charge >= 0.3 is 0 Å². The summed E-state index contributed by atoms with van der Waals surface area (Å²) < 4.78 is 2.09. The summed E-state index contributed by atoms with van der Waals surface area (Å²) in [5.74, 6) is 1.05. The van der Waals surface area contributed by atoms with Crippen molar-refractivity contribution in [3.8, 4) is 0 Å². The second-order valence-corrected chi connectivity index (χ2v) is 2.75. The van der Waals surface area contributed by atoms with Crippen LogP contribution in [0.3, 0.4) is 0 Å².